The highest BCUT2D eigenvalue weighted by atomic mass is 16.4. The fraction of sp³-hybridized carbons (Fsp3) is 0.375. The summed E-state index contributed by atoms with van der Waals surface area (Å²) < 4.78 is 1.86. The van der Waals surface area contributed by atoms with Gasteiger partial charge in [0.2, 0.25) is 0 Å². The number of allylic oxidation sites excluding steroid dienone is 1. The fourth-order valence-corrected chi connectivity index (χ4v) is 4.38. The Bertz CT molecular complexity index is 1100. The number of carboxylic acids is 1. The summed E-state index contributed by atoms with van der Waals surface area (Å²) in [5, 5.41) is 22.0. The summed E-state index contributed by atoms with van der Waals surface area (Å²) in [5.74, 6) is -1.12. The predicted molar refractivity (Wildman–Crippen MR) is 117 cm³/mol. The van der Waals surface area contributed by atoms with Crippen molar-refractivity contribution in [2.45, 2.75) is 45.7 Å². The number of rotatable bonds is 7. The van der Waals surface area contributed by atoms with Gasteiger partial charge in [0, 0.05) is 19.0 Å². The van der Waals surface area contributed by atoms with Gasteiger partial charge in [-0.3, -0.25) is 4.79 Å². The molecule has 1 unspecified atom stereocenters. The van der Waals surface area contributed by atoms with Gasteiger partial charge in [0.25, 0.3) is 0 Å². The van der Waals surface area contributed by atoms with Crippen molar-refractivity contribution in [3.8, 4) is 0 Å². The SMILES string of the molecule is C=CCCn1nnc2cc(C(c3ccc4c(c3)CNCC4)C(C)(C)C(=O)O)ccc21. The van der Waals surface area contributed by atoms with E-state index in [1.165, 1.54) is 11.1 Å². The van der Waals surface area contributed by atoms with E-state index in [1.54, 1.807) is 13.8 Å². The van der Waals surface area contributed by atoms with Crippen molar-refractivity contribution in [2.75, 3.05) is 6.54 Å². The first kappa shape index (κ1) is 20.3. The Balaban J connectivity index is 1.80. The molecule has 30 heavy (non-hydrogen) atoms. The maximum atomic E-state index is 12.2. The molecule has 4 rings (SSSR count). The van der Waals surface area contributed by atoms with Crippen LogP contribution in [0.3, 0.4) is 0 Å². The van der Waals surface area contributed by atoms with Crippen LogP contribution in [0.25, 0.3) is 11.0 Å². The van der Waals surface area contributed by atoms with Crippen molar-refractivity contribution in [3.05, 3.63) is 71.3 Å². The first-order chi connectivity index (χ1) is 14.4. The molecule has 0 spiro atoms. The molecule has 2 aromatic carbocycles. The number of fused-ring (bicyclic) bond motifs is 2. The topological polar surface area (TPSA) is 80.0 Å². The van der Waals surface area contributed by atoms with Gasteiger partial charge < -0.3 is 10.4 Å². The Hall–Kier alpha value is -2.99. The number of hydrogen-bond acceptors (Lipinski definition) is 4. The number of aromatic nitrogens is 3. The Kier molecular flexibility index (Phi) is 5.43. The Morgan fingerprint density at radius 2 is 2.03 bits per heavy atom. The molecule has 6 nitrogen and oxygen atoms in total. The highest BCUT2D eigenvalue weighted by Gasteiger charge is 2.39. The second-order valence-electron chi connectivity index (χ2n) is 8.55. The maximum Gasteiger partial charge on any atom is 0.310 e. The summed E-state index contributed by atoms with van der Waals surface area (Å²) in [4.78, 5) is 12.2. The number of carboxylic acid groups (broad SMARTS) is 1. The van der Waals surface area contributed by atoms with Gasteiger partial charge in [-0.2, -0.15) is 0 Å². The van der Waals surface area contributed by atoms with Crippen molar-refractivity contribution in [3.63, 3.8) is 0 Å². The van der Waals surface area contributed by atoms with E-state index in [1.807, 2.05) is 29.0 Å². The zero-order valence-electron chi connectivity index (χ0n) is 17.6. The fourth-order valence-electron chi connectivity index (χ4n) is 4.38. The summed E-state index contributed by atoms with van der Waals surface area (Å²) >= 11 is 0. The molecule has 0 amide bonds. The first-order valence-electron chi connectivity index (χ1n) is 10.4. The number of nitrogens with one attached hydrogen (secondary N) is 1. The van der Waals surface area contributed by atoms with Crippen LogP contribution in [0.15, 0.2) is 49.1 Å². The Morgan fingerprint density at radius 1 is 1.27 bits per heavy atom. The van der Waals surface area contributed by atoms with Crippen LogP contribution in [0.1, 0.15) is 48.4 Å². The van der Waals surface area contributed by atoms with Crippen LogP contribution in [-0.4, -0.2) is 32.6 Å². The third-order valence-corrected chi connectivity index (χ3v) is 6.14. The van der Waals surface area contributed by atoms with Crippen LogP contribution < -0.4 is 5.32 Å². The van der Waals surface area contributed by atoms with Gasteiger partial charge in [-0.1, -0.05) is 35.6 Å². The van der Waals surface area contributed by atoms with Crippen molar-refractivity contribution < 1.29 is 9.90 Å². The monoisotopic (exact) mass is 404 g/mol. The zero-order chi connectivity index (χ0) is 21.3. The molecule has 0 saturated heterocycles. The molecule has 1 aliphatic heterocycles. The van der Waals surface area contributed by atoms with E-state index in [2.05, 4.69) is 40.4 Å². The van der Waals surface area contributed by atoms with Crippen molar-refractivity contribution >= 4 is 17.0 Å². The number of hydrogen-bond donors (Lipinski definition) is 2. The lowest BCUT2D eigenvalue weighted by molar-refractivity contribution is -0.147. The molecule has 6 heteroatoms. The second kappa shape index (κ2) is 8.03. The minimum atomic E-state index is -0.983. The largest absolute Gasteiger partial charge is 0.481 e. The smallest absolute Gasteiger partial charge is 0.310 e. The Morgan fingerprint density at radius 3 is 2.80 bits per heavy atom. The minimum absolute atomic E-state index is 0.301. The van der Waals surface area contributed by atoms with Gasteiger partial charge in [0.05, 0.1) is 10.9 Å². The quantitative estimate of drug-likeness (QED) is 0.584. The van der Waals surface area contributed by atoms with E-state index in [0.717, 1.165) is 54.6 Å². The van der Waals surface area contributed by atoms with Crippen LogP contribution in [-0.2, 0) is 24.3 Å². The van der Waals surface area contributed by atoms with E-state index < -0.39 is 11.4 Å². The molecular weight excluding hydrogens is 376 g/mol. The number of aliphatic carboxylic acids is 1. The molecule has 0 radical (unpaired) electrons. The highest BCUT2D eigenvalue weighted by Crippen LogP contribution is 2.42. The molecular formula is C24H28N4O2. The molecule has 0 fully saturated rings. The van der Waals surface area contributed by atoms with Gasteiger partial charge in [-0.15, -0.1) is 11.7 Å². The predicted octanol–water partition coefficient (Wildman–Crippen LogP) is 3.90. The lowest BCUT2D eigenvalue weighted by Gasteiger charge is -2.32. The van der Waals surface area contributed by atoms with E-state index in [0.29, 0.717) is 0 Å². The molecule has 0 bridgehead atoms. The Labute approximate surface area is 176 Å². The lowest BCUT2D eigenvalue weighted by atomic mass is 9.70. The summed E-state index contributed by atoms with van der Waals surface area (Å²) in [5.41, 5.74) is 5.29. The van der Waals surface area contributed by atoms with Crippen LogP contribution in [0.5, 0.6) is 0 Å². The molecule has 2 N–H and O–H groups in total. The molecule has 0 aliphatic carbocycles. The third kappa shape index (κ3) is 3.63. The van der Waals surface area contributed by atoms with Gasteiger partial charge in [-0.05, 0) is 67.6 Å². The van der Waals surface area contributed by atoms with Crippen LogP contribution in [0.2, 0.25) is 0 Å². The molecule has 1 aliphatic rings. The van der Waals surface area contributed by atoms with Crippen LogP contribution in [0, 0.1) is 5.41 Å². The van der Waals surface area contributed by atoms with Crippen molar-refractivity contribution in [1.82, 2.24) is 20.3 Å². The van der Waals surface area contributed by atoms with Crippen LogP contribution in [0.4, 0.5) is 0 Å². The van der Waals surface area contributed by atoms with E-state index in [9.17, 15) is 9.90 Å². The van der Waals surface area contributed by atoms with Crippen molar-refractivity contribution in [2.24, 2.45) is 5.41 Å². The molecule has 156 valence electrons. The number of benzene rings is 2. The standard InChI is InChI=1S/C24H28N4O2/c1-4-5-12-28-21-9-8-18(14-20(21)26-27-28)22(24(2,3)23(29)30)17-7-6-16-10-11-25-15-19(16)13-17/h4,6-9,13-14,22,25H,1,5,10-12,15H2,2-3H3,(H,29,30). The number of nitrogens with zero attached hydrogens (tertiary/aromatic N) is 3. The summed E-state index contributed by atoms with van der Waals surface area (Å²) in [6.45, 7) is 9.88. The highest BCUT2D eigenvalue weighted by molar-refractivity contribution is 5.79. The van der Waals surface area contributed by atoms with Crippen molar-refractivity contribution in [1.29, 1.82) is 0 Å². The molecule has 1 aromatic heterocycles. The summed E-state index contributed by atoms with van der Waals surface area (Å²) in [7, 11) is 0. The molecule has 3 aromatic rings. The average molecular weight is 405 g/mol. The van der Waals surface area contributed by atoms with E-state index in [-0.39, 0.29) is 5.92 Å². The summed E-state index contributed by atoms with van der Waals surface area (Å²) in [6.07, 6.45) is 3.68. The van der Waals surface area contributed by atoms with Gasteiger partial charge >= 0.3 is 5.97 Å². The third-order valence-electron chi connectivity index (χ3n) is 6.14. The second-order valence-corrected chi connectivity index (χ2v) is 8.55. The summed E-state index contributed by atoms with van der Waals surface area (Å²) in [6, 6.07) is 12.4. The van der Waals surface area contributed by atoms with E-state index in [4.69, 9.17) is 0 Å². The zero-order valence-corrected chi connectivity index (χ0v) is 17.6. The minimum Gasteiger partial charge on any atom is -0.481 e. The number of carbonyl (C=O) groups is 1. The van der Waals surface area contributed by atoms with Gasteiger partial charge in [-0.25, -0.2) is 4.68 Å². The maximum absolute atomic E-state index is 12.2. The van der Waals surface area contributed by atoms with E-state index >= 15 is 0 Å². The average Bonchev–Trinajstić information content (AvgIpc) is 3.14. The molecule has 0 saturated carbocycles. The molecule has 1 atom stereocenters. The van der Waals surface area contributed by atoms with Crippen LogP contribution >= 0.6 is 0 Å². The normalized spacial score (nSPS) is 15.0. The number of aryl methyl sites for hydroxylation is 1. The first-order valence-corrected chi connectivity index (χ1v) is 10.4. The van der Waals surface area contributed by atoms with Gasteiger partial charge in [0.15, 0.2) is 0 Å². The lowest BCUT2D eigenvalue weighted by Crippen LogP contribution is -2.32. The molecule has 2 heterocycles. The van der Waals surface area contributed by atoms with Gasteiger partial charge in [0.1, 0.15) is 5.52 Å².